The third kappa shape index (κ3) is 4.44. The highest BCUT2D eigenvalue weighted by Crippen LogP contribution is 2.40. The smallest absolute Gasteiger partial charge is 0.341 e. The van der Waals surface area contributed by atoms with Crippen LogP contribution in [-0.4, -0.2) is 40.1 Å². The molecule has 1 aliphatic carbocycles. The van der Waals surface area contributed by atoms with Gasteiger partial charge in [-0.3, -0.25) is 9.10 Å². The number of para-hydroxylation sites is 2. The molecule has 0 saturated carbocycles. The highest BCUT2D eigenvalue weighted by molar-refractivity contribution is 7.92. The summed E-state index contributed by atoms with van der Waals surface area (Å²) in [6, 6.07) is 12.5. The zero-order valence-electron chi connectivity index (χ0n) is 19.3. The van der Waals surface area contributed by atoms with Gasteiger partial charge < -0.3 is 14.8 Å². The number of anilines is 2. The third-order valence-corrected chi connectivity index (χ3v) is 9.48. The number of esters is 1. The van der Waals surface area contributed by atoms with Crippen molar-refractivity contribution in [2.75, 3.05) is 23.3 Å². The number of hydrogen-bond donors (Lipinski definition) is 1. The van der Waals surface area contributed by atoms with Crippen molar-refractivity contribution in [1.82, 2.24) is 0 Å². The number of amides is 1. The molecule has 0 spiro atoms. The molecule has 2 aromatic carbocycles. The Morgan fingerprint density at radius 2 is 1.83 bits per heavy atom. The molecule has 2 heterocycles. The Morgan fingerprint density at radius 1 is 1.11 bits per heavy atom. The lowest BCUT2D eigenvalue weighted by Crippen LogP contribution is -2.48. The fourth-order valence-electron chi connectivity index (χ4n) is 4.46. The lowest BCUT2D eigenvalue weighted by molar-refractivity contribution is -0.122. The van der Waals surface area contributed by atoms with E-state index in [0.29, 0.717) is 21.3 Å². The number of methoxy groups -OCH3 is 1. The number of fused-ring (bicyclic) bond motifs is 2. The average molecular weight is 547 g/mol. The number of thiophene rings is 1. The maximum absolute atomic E-state index is 13.5. The summed E-state index contributed by atoms with van der Waals surface area (Å²) in [5.74, 6) is -0.795. The number of carbonyl (C=O) groups excluding carboxylic acids is 2. The van der Waals surface area contributed by atoms with Crippen molar-refractivity contribution in [1.29, 1.82) is 0 Å². The summed E-state index contributed by atoms with van der Waals surface area (Å²) >= 11 is 7.30. The van der Waals surface area contributed by atoms with Crippen LogP contribution in [0.4, 0.5) is 10.7 Å². The van der Waals surface area contributed by atoms with Gasteiger partial charge in [0.1, 0.15) is 10.8 Å². The normalized spacial score (nSPS) is 16.9. The Kier molecular flexibility index (Phi) is 6.67. The number of halogens is 1. The van der Waals surface area contributed by atoms with Gasteiger partial charge in [0.15, 0.2) is 6.10 Å². The molecule has 36 heavy (non-hydrogen) atoms. The number of ether oxygens (including phenoxy) is 2. The second-order valence-corrected chi connectivity index (χ2v) is 11.9. The molecule has 1 N–H and O–H groups in total. The van der Waals surface area contributed by atoms with Gasteiger partial charge >= 0.3 is 5.97 Å². The second-order valence-electron chi connectivity index (χ2n) is 8.46. The first-order valence-corrected chi connectivity index (χ1v) is 14.0. The van der Waals surface area contributed by atoms with E-state index in [9.17, 15) is 18.0 Å². The van der Waals surface area contributed by atoms with Crippen molar-refractivity contribution in [2.24, 2.45) is 0 Å². The molecule has 1 aliphatic heterocycles. The Morgan fingerprint density at radius 3 is 2.58 bits per heavy atom. The molecule has 0 fully saturated rings. The van der Waals surface area contributed by atoms with E-state index in [1.165, 1.54) is 47.0 Å². The van der Waals surface area contributed by atoms with Gasteiger partial charge in [0.2, 0.25) is 0 Å². The fraction of sp³-hybridized carbons (Fsp3) is 0.280. The summed E-state index contributed by atoms with van der Waals surface area (Å²) in [4.78, 5) is 27.0. The zero-order valence-corrected chi connectivity index (χ0v) is 21.7. The topological polar surface area (TPSA) is 102 Å². The van der Waals surface area contributed by atoms with E-state index in [1.54, 1.807) is 24.3 Å². The summed E-state index contributed by atoms with van der Waals surface area (Å²) < 4.78 is 39.2. The molecule has 188 valence electrons. The fourth-order valence-corrected chi connectivity index (χ4v) is 7.35. The number of rotatable bonds is 5. The van der Waals surface area contributed by atoms with Gasteiger partial charge in [-0.2, -0.15) is 0 Å². The predicted octanol–water partition coefficient (Wildman–Crippen LogP) is 4.66. The predicted molar refractivity (Wildman–Crippen MR) is 138 cm³/mol. The van der Waals surface area contributed by atoms with Gasteiger partial charge in [-0.1, -0.05) is 23.7 Å². The highest BCUT2D eigenvalue weighted by atomic mass is 35.5. The van der Waals surface area contributed by atoms with Gasteiger partial charge in [0.05, 0.1) is 29.8 Å². The standard InChI is InChI=1S/C25H23ClN2O6S2/c1-33-25(30)22-17-6-2-5-9-21(17)35-24(22)27-23(29)20-14-28(18-7-3-4-8-19(18)34-20)36(31,32)16-12-10-15(26)11-13-16/h3-4,7-8,10-13,20H,2,5-6,9,14H2,1H3,(H,27,29)/t20-/m0/s1. The molecular weight excluding hydrogens is 524 g/mol. The van der Waals surface area contributed by atoms with Crippen LogP contribution in [-0.2, 0) is 32.4 Å². The van der Waals surface area contributed by atoms with Crippen molar-refractivity contribution >= 4 is 55.5 Å². The van der Waals surface area contributed by atoms with Gasteiger partial charge in [-0.15, -0.1) is 11.3 Å². The molecule has 3 aromatic rings. The molecule has 2 aliphatic rings. The van der Waals surface area contributed by atoms with Crippen LogP contribution in [0.1, 0.15) is 33.6 Å². The molecule has 0 radical (unpaired) electrons. The number of benzene rings is 2. The maximum atomic E-state index is 13.5. The van der Waals surface area contributed by atoms with Crippen molar-refractivity contribution in [3.05, 3.63) is 69.6 Å². The van der Waals surface area contributed by atoms with E-state index in [-0.39, 0.29) is 17.2 Å². The van der Waals surface area contributed by atoms with Crippen molar-refractivity contribution in [3.8, 4) is 5.75 Å². The molecular formula is C25H23ClN2O6S2. The Labute approximate surface area is 217 Å². The first kappa shape index (κ1) is 24.6. The molecule has 0 bridgehead atoms. The van der Waals surface area contributed by atoms with Crippen LogP contribution in [0.25, 0.3) is 0 Å². The minimum Gasteiger partial charge on any atom is -0.476 e. The first-order valence-electron chi connectivity index (χ1n) is 11.4. The maximum Gasteiger partial charge on any atom is 0.341 e. The number of nitrogens with zero attached hydrogens (tertiary/aromatic N) is 1. The van der Waals surface area contributed by atoms with E-state index in [0.717, 1.165) is 36.1 Å². The molecule has 11 heteroatoms. The molecule has 0 saturated heterocycles. The summed E-state index contributed by atoms with van der Waals surface area (Å²) in [6.07, 6.45) is 2.40. The SMILES string of the molecule is COC(=O)c1c(NC(=O)[C@@H]2CN(S(=O)(=O)c3ccc(Cl)cc3)c3ccccc3O2)sc2c1CCCC2. The number of nitrogens with one attached hydrogen (secondary N) is 1. The van der Waals surface area contributed by atoms with Gasteiger partial charge in [-0.25, -0.2) is 13.2 Å². The van der Waals surface area contributed by atoms with Gasteiger partial charge in [0.25, 0.3) is 15.9 Å². The summed E-state index contributed by atoms with van der Waals surface area (Å²) in [6.45, 7) is -0.244. The molecule has 8 nitrogen and oxygen atoms in total. The van der Waals surface area contributed by atoms with Crippen LogP contribution >= 0.6 is 22.9 Å². The molecule has 1 atom stereocenters. The minimum atomic E-state index is -4.02. The Bertz CT molecular complexity index is 1440. The molecule has 1 aromatic heterocycles. The largest absolute Gasteiger partial charge is 0.476 e. The third-order valence-electron chi connectivity index (χ3n) is 6.23. The van der Waals surface area contributed by atoms with Crippen LogP contribution in [0.15, 0.2) is 53.4 Å². The van der Waals surface area contributed by atoms with Crippen molar-refractivity contribution in [2.45, 2.75) is 36.7 Å². The average Bonchev–Trinajstić information content (AvgIpc) is 3.25. The second kappa shape index (κ2) is 9.76. The zero-order chi connectivity index (χ0) is 25.4. The van der Waals surface area contributed by atoms with Crippen molar-refractivity contribution in [3.63, 3.8) is 0 Å². The van der Waals surface area contributed by atoms with Crippen LogP contribution in [0.3, 0.4) is 0 Å². The first-order chi connectivity index (χ1) is 17.3. The van der Waals surface area contributed by atoms with E-state index >= 15 is 0 Å². The summed E-state index contributed by atoms with van der Waals surface area (Å²) in [7, 11) is -2.71. The number of carbonyl (C=O) groups is 2. The molecule has 5 rings (SSSR count). The van der Waals surface area contributed by atoms with Gasteiger partial charge in [-0.05, 0) is 67.6 Å². The monoisotopic (exact) mass is 546 g/mol. The van der Waals surface area contributed by atoms with Gasteiger partial charge in [0, 0.05) is 9.90 Å². The van der Waals surface area contributed by atoms with Crippen LogP contribution in [0, 0.1) is 0 Å². The Balaban J connectivity index is 1.47. The van der Waals surface area contributed by atoms with Crippen molar-refractivity contribution < 1.29 is 27.5 Å². The van der Waals surface area contributed by atoms with E-state index in [1.807, 2.05) is 0 Å². The molecule has 0 unspecified atom stereocenters. The highest BCUT2D eigenvalue weighted by Gasteiger charge is 2.38. The van der Waals surface area contributed by atoms with Crippen LogP contribution in [0.2, 0.25) is 5.02 Å². The quantitative estimate of drug-likeness (QED) is 0.467. The lowest BCUT2D eigenvalue weighted by Gasteiger charge is -2.34. The summed E-state index contributed by atoms with van der Waals surface area (Å²) in [5.41, 5.74) is 1.61. The summed E-state index contributed by atoms with van der Waals surface area (Å²) in [5, 5.41) is 3.62. The van der Waals surface area contributed by atoms with Crippen LogP contribution in [0.5, 0.6) is 5.75 Å². The molecule has 1 amide bonds. The van der Waals surface area contributed by atoms with Crippen LogP contribution < -0.4 is 14.4 Å². The van der Waals surface area contributed by atoms with E-state index in [4.69, 9.17) is 21.1 Å². The number of sulfonamides is 1. The Hall–Kier alpha value is -3.08. The minimum absolute atomic E-state index is 0.0432. The number of hydrogen-bond acceptors (Lipinski definition) is 7. The number of aryl methyl sites for hydroxylation is 1. The van der Waals surface area contributed by atoms with E-state index < -0.39 is 28.0 Å². The lowest BCUT2D eigenvalue weighted by atomic mass is 9.95. The van der Waals surface area contributed by atoms with E-state index in [2.05, 4.69) is 5.32 Å².